The van der Waals surface area contributed by atoms with Gasteiger partial charge in [0, 0.05) is 11.1 Å². The molecule has 2 heterocycles. The van der Waals surface area contributed by atoms with Crippen molar-refractivity contribution in [2.24, 2.45) is 0 Å². The van der Waals surface area contributed by atoms with Gasteiger partial charge in [-0.3, -0.25) is 0 Å². The zero-order valence-corrected chi connectivity index (χ0v) is 14.2. The van der Waals surface area contributed by atoms with Crippen molar-refractivity contribution in [3.63, 3.8) is 0 Å². The van der Waals surface area contributed by atoms with E-state index in [1.165, 1.54) is 0 Å². The predicted octanol–water partition coefficient (Wildman–Crippen LogP) is 1.94. The van der Waals surface area contributed by atoms with Crippen molar-refractivity contribution in [2.45, 2.75) is 37.0 Å². The fourth-order valence-electron chi connectivity index (χ4n) is 3.21. The van der Waals surface area contributed by atoms with Crippen LogP contribution >= 0.6 is 0 Å². The molecule has 0 amide bonds. The summed E-state index contributed by atoms with van der Waals surface area (Å²) in [6.07, 6.45) is -5.07. The van der Waals surface area contributed by atoms with Gasteiger partial charge in [-0.1, -0.05) is 60.7 Å². The summed E-state index contributed by atoms with van der Waals surface area (Å²) >= 11 is 0. The molecule has 2 bridgehead atoms. The van der Waals surface area contributed by atoms with Crippen LogP contribution in [0.1, 0.15) is 23.7 Å². The van der Waals surface area contributed by atoms with Crippen molar-refractivity contribution in [3.8, 4) is 0 Å². The fourth-order valence-corrected chi connectivity index (χ4v) is 3.21. The highest BCUT2D eigenvalue weighted by Gasteiger charge is 2.42. The summed E-state index contributed by atoms with van der Waals surface area (Å²) in [5, 5.41) is 21.0. The lowest BCUT2D eigenvalue weighted by Gasteiger charge is -2.41. The minimum atomic E-state index is -1.13. The third-order valence-electron chi connectivity index (χ3n) is 4.68. The Bertz CT molecular complexity index is 632. The Morgan fingerprint density at radius 2 is 1.00 bits per heavy atom. The van der Waals surface area contributed by atoms with Gasteiger partial charge in [0.05, 0.1) is 13.2 Å². The van der Waals surface area contributed by atoms with Gasteiger partial charge in [-0.25, -0.2) is 0 Å². The molecule has 2 unspecified atom stereocenters. The SMILES string of the molecule is O[C@H]1[C@H](O)[C@H]2COC(c3ccccc3)O[C@H]1COC(c1ccccc1)O2. The summed E-state index contributed by atoms with van der Waals surface area (Å²) in [6, 6.07) is 18.9. The molecule has 2 saturated heterocycles. The first-order valence-corrected chi connectivity index (χ1v) is 8.72. The van der Waals surface area contributed by atoms with Crippen LogP contribution in [0.25, 0.3) is 0 Å². The van der Waals surface area contributed by atoms with E-state index in [0.29, 0.717) is 0 Å². The molecule has 2 aliphatic rings. The highest BCUT2D eigenvalue weighted by atomic mass is 16.7. The standard InChI is InChI=1S/C20H22O6/c21-17-15-12-24-20(14-9-5-2-6-10-14)26-16(18(17)22)11-23-19(25-15)13-7-3-1-4-8-13/h1-10,15-22H,11-12H2/t15-,16+,17-,18-,19?,20?/m1/s1. The highest BCUT2D eigenvalue weighted by Crippen LogP contribution is 2.32. The number of rotatable bonds is 2. The Morgan fingerprint density at radius 1 is 0.615 bits per heavy atom. The maximum absolute atomic E-state index is 10.5. The second-order valence-electron chi connectivity index (χ2n) is 6.48. The summed E-state index contributed by atoms with van der Waals surface area (Å²) < 4.78 is 23.6. The van der Waals surface area contributed by atoms with Crippen molar-refractivity contribution in [2.75, 3.05) is 13.2 Å². The first kappa shape index (κ1) is 17.6. The van der Waals surface area contributed by atoms with Gasteiger partial charge in [0.25, 0.3) is 0 Å². The summed E-state index contributed by atoms with van der Waals surface area (Å²) in [4.78, 5) is 0. The largest absolute Gasteiger partial charge is 0.387 e. The maximum atomic E-state index is 10.5. The second-order valence-corrected chi connectivity index (χ2v) is 6.48. The number of hydrogen-bond acceptors (Lipinski definition) is 6. The van der Waals surface area contributed by atoms with Crippen molar-refractivity contribution < 1.29 is 29.2 Å². The zero-order valence-electron chi connectivity index (χ0n) is 14.2. The number of aliphatic hydroxyl groups excluding tert-OH is 2. The van der Waals surface area contributed by atoms with E-state index in [2.05, 4.69) is 0 Å². The van der Waals surface area contributed by atoms with Crippen LogP contribution in [0.5, 0.6) is 0 Å². The van der Waals surface area contributed by atoms with Crippen molar-refractivity contribution in [1.82, 2.24) is 0 Å². The smallest absolute Gasteiger partial charge is 0.184 e. The summed E-state index contributed by atoms with van der Waals surface area (Å²) in [5.74, 6) is 0. The number of aliphatic hydroxyl groups is 2. The average Bonchev–Trinajstić information content (AvgIpc) is 2.70. The molecule has 138 valence electrons. The van der Waals surface area contributed by atoms with Crippen LogP contribution in [0.3, 0.4) is 0 Å². The molecule has 2 fully saturated rings. The van der Waals surface area contributed by atoms with Crippen LogP contribution in [-0.2, 0) is 18.9 Å². The normalized spacial score (nSPS) is 35.2. The topological polar surface area (TPSA) is 77.4 Å². The second kappa shape index (κ2) is 7.84. The molecule has 0 spiro atoms. The molecular weight excluding hydrogens is 336 g/mol. The molecule has 0 aromatic heterocycles. The van der Waals surface area contributed by atoms with Crippen LogP contribution < -0.4 is 0 Å². The molecule has 0 radical (unpaired) electrons. The molecule has 6 heteroatoms. The minimum Gasteiger partial charge on any atom is -0.387 e. The number of hydrogen-bond donors (Lipinski definition) is 2. The third kappa shape index (κ3) is 3.66. The molecule has 2 aromatic rings. The van der Waals surface area contributed by atoms with E-state index in [0.717, 1.165) is 11.1 Å². The zero-order chi connectivity index (χ0) is 17.9. The van der Waals surface area contributed by atoms with Gasteiger partial charge < -0.3 is 29.2 Å². The molecule has 2 aromatic carbocycles. The number of benzene rings is 2. The van der Waals surface area contributed by atoms with Gasteiger partial charge in [-0.05, 0) is 0 Å². The number of ether oxygens (including phenoxy) is 4. The molecule has 2 aliphatic heterocycles. The first-order chi connectivity index (χ1) is 12.7. The summed E-state index contributed by atoms with van der Waals surface area (Å²) in [6.45, 7) is 0.133. The Kier molecular flexibility index (Phi) is 5.31. The Labute approximate surface area is 151 Å². The lowest BCUT2D eigenvalue weighted by Crippen LogP contribution is -2.54. The number of fused-ring (bicyclic) bond motifs is 3. The molecule has 6 atom stereocenters. The van der Waals surface area contributed by atoms with Crippen molar-refractivity contribution in [1.29, 1.82) is 0 Å². The monoisotopic (exact) mass is 358 g/mol. The van der Waals surface area contributed by atoms with Gasteiger partial charge in [0.15, 0.2) is 12.6 Å². The molecule has 2 N–H and O–H groups in total. The summed E-state index contributed by atoms with van der Waals surface area (Å²) in [7, 11) is 0. The Morgan fingerprint density at radius 3 is 1.38 bits per heavy atom. The molecule has 6 nitrogen and oxygen atoms in total. The van der Waals surface area contributed by atoms with Crippen LogP contribution in [0.4, 0.5) is 0 Å². The van der Waals surface area contributed by atoms with E-state index in [1.807, 2.05) is 60.7 Å². The Balaban J connectivity index is 1.59. The average molecular weight is 358 g/mol. The van der Waals surface area contributed by atoms with E-state index in [4.69, 9.17) is 18.9 Å². The minimum absolute atomic E-state index is 0.0667. The lowest BCUT2D eigenvalue weighted by atomic mass is 10.0. The van der Waals surface area contributed by atoms with Gasteiger partial charge in [-0.15, -0.1) is 0 Å². The molecule has 4 rings (SSSR count). The molecule has 0 aliphatic carbocycles. The van der Waals surface area contributed by atoms with E-state index in [1.54, 1.807) is 0 Å². The lowest BCUT2D eigenvalue weighted by molar-refractivity contribution is -0.317. The van der Waals surface area contributed by atoms with E-state index >= 15 is 0 Å². The van der Waals surface area contributed by atoms with E-state index in [9.17, 15) is 10.2 Å². The first-order valence-electron chi connectivity index (χ1n) is 8.72. The third-order valence-corrected chi connectivity index (χ3v) is 4.68. The van der Waals surface area contributed by atoms with E-state index < -0.39 is 37.0 Å². The van der Waals surface area contributed by atoms with Crippen LogP contribution in [0, 0.1) is 0 Å². The van der Waals surface area contributed by atoms with Gasteiger partial charge in [-0.2, -0.15) is 0 Å². The van der Waals surface area contributed by atoms with Gasteiger partial charge in [0.2, 0.25) is 0 Å². The molecule has 26 heavy (non-hydrogen) atoms. The van der Waals surface area contributed by atoms with Gasteiger partial charge >= 0.3 is 0 Å². The quantitative estimate of drug-likeness (QED) is 0.854. The summed E-state index contributed by atoms with van der Waals surface area (Å²) in [5.41, 5.74) is 1.67. The highest BCUT2D eigenvalue weighted by molar-refractivity contribution is 5.17. The maximum Gasteiger partial charge on any atom is 0.184 e. The van der Waals surface area contributed by atoms with Crippen molar-refractivity contribution in [3.05, 3.63) is 71.8 Å². The molecule has 0 saturated carbocycles. The van der Waals surface area contributed by atoms with Crippen LogP contribution in [0.2, 0.25) is 0 Å². The van der Waals surface area contributed by atoms with Crippen LogP contribution in [-0.4, -0.2) is 47.8 Å². The predicted molar refractivity (Wildman–Crippen MR) is 92.0 cm³/mol. The van der Waals surface area contributed by atoms with Crippen LogP contribution in [0.15, 0.2) is 60.7 Å². The Hall–Kier alpha value is -1.80. The van der Waals surface area contributed by atoms with E-state index in [-0.39, 0.29) is 13.2 Å². The fraction of sp³-hybridized carbons (Fsp3) is 0.400. The van der Waals surface area contributed by atoms with Gasteiger partial charge in [0.1, 0.15) is 24.4 Å². The van der Waals surface area contributed by atoms with Crippen molar-refractivity contribution >= 4 is 0 Å². The molecular formula is C20H22O6.